The highest BCUT2D eigenvalue weighted by molar-refractivity contribution is 7.27. The lowest BCUT2D eigenvalue weighted by Gasteiger charge is -2.16. The third kappa shape index (κ3) is 8.31. The Morgan fingerprint density at radius 2 is 0.534 bits per heavy atom. The van der Waals surface area contributed by atoms with Crippen LogP contribution in [0.3, 0.4) is 0 Å². The molecule has 0 atom stereocenters. The van der Waals surface area contributed by atoms with Crippen LogP contribution in [0.5, 0.6) is 0 Å². The lowest BCUT2D eigenvalue weighted by molar-refractivity contribution is 0.918. The average Bonchev–Trinajstić information content (AvgIpc) is 1.57. The number of benzene rings is 15. The van der Waals surface area contributed by atoms with E-state index in [1.54, 1.807) is 0 Å². The first kappa shape index (κ1) is 56.7. The molecule has 0 amide bonds. The van der Waals surface area contributed by atoms with Gasteiger partial charge in [-0.3, -0.25) is 13.7 Å². The number of nitrogens with zero attached hydrogens (tertiary/aromatic N) is 7. The van der Waals surface area contributed by atoms with Crippen molar-refractivity contribution in [1.82, 2.24) is 32.8 Å². The average molecular weight is 1350 g/mol. The molecule has 8 aromatic heterocycles. The van der Waals surface area contributed by atoms with Crippen molar-refractivity contribution < 1.29 is 0 Å². The van der Waals surface area contributed by atoms with Crippen molar-refractivity contribution in [3.63, 3.8) is 0 Å². The molecule has 0 N–H and O–H groups in total. The highest BCUT2D eigenvalue weighted by atomic mass is 32.1. The van der Waals surface area contributed by atoms with E-state index in [0.29, 0.717) is 5.95 Å². The van der Waals surface area contributed by atoms with Crippen molar-refractivity contribution >= 4 is 172 Å². The molecule has 0 aliphatic rings. The Bertz CT molecular complexity index is 7350. The fourth-order valence-electron chi connectivity index (χ4n) is 17.1. The van der Waals surface area contributed by atoms with Crippen LogP contribution in [0.4, 0.5) is 0 Å². The minimum Gasteiger partial charge on any atom is -0.309 e. The Morgan fingerprint density at radius 3 is 1.08 bits per heavy atom. The Hall–Kier alpha value is -13.2. The molecule has 0 aliphatic carbocycles. The molecule has 478 valence electrons. The third-order valence-electron chi connectivity index (χ3n) is 21.7. The van der Waals surface area contributed by atoms with Gasteiger partial charge in [0, 0.05) is 112 Å². The minimum absolute atomic E-state index is 0.563. The minimum atomic E-state index is 0.563. The summed E-state index contributed by atoms with van der Waals surface area (Å²) < 4.78 is 17.0. The molecule has 7 nitrogen and oxygen atoms in total. The second kappa shape index (κ2) is 21.7. The quantitative estimate of drug-likeness (QED) is 0.152. The number of rotatable bonds is 8. The van der Waals surface area contributed by atoms with Gasteiger partial charge in [0.05, 0.1) is 55.2 Å². The van der Waals surface area contributed by atoms with Crippen LogP contribution < -0.4 is 0 Å². The lowest BCUT2D eigenvalue weighted by atomic mass is 10.00. The molecule has 0 bridgehead atoms. The number of hydrogen-bond donors (Lipinski definition) is 0. The summed E-state index contributed by atoms with van der Waals surface area (Å²) in [4.78, 5) is 12.0. The third-order valence-corrected chi connectivity index (χ3v) is 24.1. The Balaban J connectivity index is 0.810. The molecule has 23 rings (SSSR count). The van der Waals surface area contributed by atoms with Crippen LogP contribution in [0.15, 0.2) is 334 Å². The first-order chi connectivity index (χ1) is 51.1. The fraction of sp³-hybridized carbons (Fsp3) is 0. The van der Waals surface area contributed by atoms with Gasteiger partial charge in [-0.1, -0.05) is 212 Å². The summed E-state index contributed by atoms with van der Waals surface area (Å²) in [6.07, 6.45) is 0. The Morgan fingerprint density at radius 1 is 0.194 bits per heavy atom. The van der Waals surface area contributed by atoms with Crippen molar-refractivity contribution in [3.05, 3.63) is 334 Å². The molecule has 103 heavy (non-hydrogen) atoms. The Labute approximate surface area is 596 Å². The maximum atomic E-state index is 6.05. The second-order valence-corrected chi connectivity index (χ2v) is 29.3. The molecule has 0 unspecified atom stereocenters. The first-order valence-corrected chi connectivity index (χ1v) is 36.6. The van der Waals surface area contributed by atoms with Gasteiger partial charge >= 0.3 is 0 Å². The van der Waals surface area contributed by atoms with Crippen LogP contribution >= 0.6 is 22.7 Å². The van der Waals surface area contributed by atoms with Gasteiger partial charge in [0.2, 0.25) is 5.95 Å². The number of thiophene rings is 2. The van der Waals surface area contributed by atoms with E-state index in [2.05, 4.69) is 356 Å². The molecule has 15 aromatic carbocycles. The molecule has 0 fully saturated rings. The summed E-state index contributed by atoms with van der Waals surface area (Å²) >= 11 is 3.72. The zero-order valence-electron chi connectivity index (χ0n) is 55.2. The van der Waals surface area contributed by atoms with Gasteiger partial charge in [-0.2, -0.15) is 9.97 Å². The smallest absolute Gasteiger partial charge is 0.238 e. The molecule has 8 heterocycles. The van der Waals surface area contributed by atoms with E-state index in [4.69, 9.17) is 9.97 Å². The molecular weight excluding hydrogens is 1290 g/mol. The van der Waals surface area contributed by atoms with E-state index in [9.17, 15) is 0 Å². The number of hydrogen-bond acceptors (Lipinski definition) is 4. The standard InChI is InChI=1S/C94H55N7S2/c1-3-19-62(20-4-1)97-77-29-13-8-24-65(77)75-49-56(39-46-81(75)97)58-35-42-68-69-43-36-59(57-40-47-82-76(50-57)66-25-9-14-30-78(66)98(82)63-21-5-2-6-22-63)52-85(69)100(84(68)51-58)91-55-90(99-80-32-16-10-28-74(80)92-83(99)48-45-73-71-27-12-18-34-88(71)103-93(73)92)95-94(96-91)101-79-31-15-7-23-64(79)67-41-37-60(53-86(67)101)61-38-44-72-70-26-11-17-33-87(70)102-89(72)54-61/h1-55H. The van der Waals surface area contributed by atoms with Gasteiger partial charge in [-0.15, -0.1) is 22.7 Å². The van der Waals surface area contributed by atoms with E-state index >= 15 is 0 Å². The van der Waals surface area contributed by atoms with Crippen LogP contribution in [-0.4, -0.2) is 32.8 Å². The topological polar surface area (TPSA) is 50.4 Å². The molecule has 0 radical (unpaired) electrons. The Kier molecular flexibility index (Phi) is 11.9. The highest BCUT2D eigenvalue weighted by Crippen LogP contribution is 2.47. The van der Waals surface area contributed by atoms with Gasteiger partial charge in [-0.05, 0) is 149 Å². The zero-order chi connectivity index (χ0) is 67.1. The summed E-state index contributed by atoms with van der Waals surface area (Å²) in [6.45, 7) is 0. The monoisotopic (exact) mass is 1350 g/mol. The van der Waals surface area contributed by atoms with Crippen LogP contribution in [0.2, 0.25) is 0 Å². The first-order valence-electron chi connectivity index (χ1n) is 35.0. The molecule has 0 saturated carbocycles. The van der Waals surface area contributed by atoms with E-state index in [1.165, 1.54) is 83.7 Å². The predicted molar refractivity (Wildman–Crippen MR) is 436 cm³/mol. The maximum absolute atomic E-state index is 6.05. The van der Waals surface area contributed by atoms with E-state index in [0.717, 1.165) is 122 Å². The summed E-state index contributed by atoms with van der Waals surface area (Å²) in [5.74, 6) is 2.06. The van der Waals surface area contributed by atoms with Gasteiger partial charge in [0.25, 0.3) is 0 Å². The van der Waals surface area contributed by atoms with Crippen LogP contribution in [-0.2, 0) is 0 Å². The number of para-hydroxylation sites is 6. The number of aromatic nitrogens is 7. The highest BCUT2D eigenvalue weighted by Gasteiger charge is 2.26. The lowest BCUT2D eigenvalue weighted by Crippen LogP contribution is -2.10. The van der Waals surface area contributed by atoms with Crippen molar-refractivity contribution in [2.45, 2.75) is 0 Å². The van der Waals surface area contributed by atoms with Crippen molar-refractivity contribution in [2.75, 3.05) is 0 Å². The van der Waals surface area contributed by atoms with E-state index in [-0.39, 0.29) is 0 Å². The van der Waals surface area contributed by atoms with Gasteiger partial charge in [-0.25, -0.2) is 0 Å². The SMILES string of the molecule is c1ccc(-n2c3ccccc3c3cc(-c4ccc5c6ccc(-c7ccc8c(c7)c7ccccc7n8-c7ccccc7)cc6n(-c6cc(-n7c8ccccc8c8c9sc%10ccccc%10c9ccc87)nc(-n7c8ccccc8c8ccc(-c9ccc%10c(c9)sc9ccccc9%10)cc87)n6)c5c4)ccc32)cc1. The van der Waals surface area contributed by atoms with Crippen LogP contribution in [0.1, 0.15) is 0 Å². The molecule has 0 spiro atoms. The summed E-state index contributed by atoms with van der Waals surface area (Å²) in [5.41, 5.74) is 19.9. The van der Waals surface area contributed by atoms with E-state index in [1.807, 2.05) is 22.7 Å². The molecule has 9 heteroatoms. The predicted octanol–water partition coefficient (Wildman–Crippen LogP) is 25.7. The van der Waals surface area contributed by atoms with Gasteiger partial charge in [0.15, 0.2) is 0 Å². The van der Waals surface area contributed by atoms with Gasteiger partial charge < -0.3 is 9.13 Å². The summed E-state index contributed by atoms with van der Waals surface area (Å²) in [7, 11) is 0. The van der Waals surface area contributed by atoms with Crippen molar-refractivity contribution in [1.29, 1.82) is 0 Å². The van der Waals surface area contributed by atoms with Crippen LogP contribution in [0, 0.1) is 0 Å². The maximum Gasteiger partial charge on any atom is 0.238 e. The zero-order valence-corrected chi connectivity index (χ0v) is 56.8. The van der Waals surface area contributed by atoms with Gasteiger partial charge in [0.1, 0.15) is 11.6 Å². The number of fused-ring (bicyclic) bond motifs is 22. The molecule has 0 aliphatic heterocycles. The summed E-state index contributed by atoms with van der Waals surface area (Å²) in [5, 5.41) is 16.8. The largest absolute Gasteiger partial charge is 0.309 e. The normalized spacial score (nSPS) is 12.3. The molecular formula is C94H55N7S2. The second-order valence-electron chi connectivity index (χ2n) is 27.2. The van der Waals surface area contributed by atoms with Crippen molar-refractivity contribution in [2.24, 2.45) is 0 Å². The summed E-state index contributed by atoms with van der Waals surface area (Å²) in [6, 6.07) is 123. The van der Waals surface area contributed by atoms with E-state index < -0.39 is 0 Å². The molecule has 23 aromatic rings. The van der Waals surface area contributed by atoms with Crippen LogP contribution in [0.25, 0.3) is 212 Å². The molecule has 0 saturated heterocycles. The van der Waals surface area contributed by atoms with Crippen molar-refractivity contribution in [3.8, 4) is 62.3 Å². The fourth-order valence-corrected chi connectivity index (χ4v) is 19.5.